The number of nitrogens with zero attached hydrogens (tertiary/aromatic N) is 1. The normalized spacial score (nSPS) is 20.0. The molecule has 6 nitrogen and oxygen atoms in total. The highest BCUT2D eigenvalue weighted by Crippen LogP contribution is 2.12. The average Bonchev–Trinajstić information content (AvgIpc) is 2.57. The zero-order valence-electron chi connectivity index (χ0n) is 14.4. The number of fused-ring (bicyclic) bond motifs is 1. The van der Waals surface area contributed by atoms with Crippen molar-refractivity contribution in [1.82, 2.24) is 20.6 Å². The van der Waals surface area contributed by atoms with Gasteiger partial charge in [0.1, 0.15) is 5.82 Å². The van der Waals surface area contributed by atoms with Crippen LogP contribution in [0.5, 0.6) is 0 Å². The largest absolute Gasteiger partial charge is 0.352 e. The van der Waals surface area contributed by atoms with Gasteiger partial charge in [0.05, 0.1) is 10.9 Å². The first-order valence-corrected chi connectivity index (χ1v) is 8.61. The summed E-state index contributed by atoms with van der Waals surface area (Å²) in [6.07, 6.45) is 2.79. The molecule has 1 aliphatic heterocycles. The molecular weight excluding hydrogens is 340 g/mol. The van der Waals surface area contributed by atoms with Gasteiger partial charge in [-0.25, -0.2) is 4.98 Å². The van der Waals surface area contributed by atoms with Gasteiger partial charge in [-0.15, -0.1) is 12.4 Å². The zero-order chi connectivity index (χ0) is 16.9. The van der Waals surface area contributed by atoms with Crippen molar-refractivity contribution in [3.8, 4) is 0 Å². The first kappa shape index (κ1) is 19.4. The molecule has 136 valence electrons. The van der Waals surface area contributed by atoms with Crippen LogP contribution in [0.2, 0.25) is 0 Å². The molecule has 0 saturated carbocycles. The number of amides is 1. The van der Waals surface area contributed by atoms with E-state index in [4.69, 9.17) is 0 Å². The molecule has 7 heteroatoms. The van der Waals surface area contributed by atoms with Gasteiger partial charge < -0.3 is 15.6 Å². The van der Waals surface area contributed by atoms with Crippen molar-refractivity contribution >= 4 is 29.2 Å². The van der Waals surface area contributed by atoms with Gasteiger partial charge in [0.2, 0.25) is 5.91 Å². The van der Waals surface area contributed by atoms with Crippen LogP contribution >= 0.6 is 12.4 Å². The van der Waals surface area contributed by atoms with Crippen molar-refractivity contribution in [1.29, 1.82) is 0 Å². The third-order valence-electron chi connectivity index (χ3n) is 4.65. The highest BCUT2D eigenvalue weighted by atomic mass is 35.5. The summed E-state index contributed by atoms with van der Waals surface area (Å²) in [6.45, 7) is 4.04. The second-order valence-corrected chi connectivity index (χ2v) is 6.53. The van der Waals surface area contributed by atoms with Crippen LogP contribution in [0.1, 0.15) is 32.0 Å². The number of carbonyl (C=O) groups excluding carboxylic acids is 1. The predicted molar refractivity (Wildman–Crippen MR) is 101 cm³/mol. The van der Waals surface area contributed by atoms with Crippen LogP contribution in [0.25, 0.3) is 10.9 Å². The van der Waals surface area contributed by atoms with Gasteiger partial charge in [-0.2, -0.15) is 0 Å². The Hall–Kier alpha value is -1.92. The van der Waals surface area contributed by atoms with Gasteiger partial charge in [-0.3, -0.25) is 9.59 Å². The summed E-state index contributed by atoms with van der Waals surface area (Å²) >= 11 is 0. The SMILES string of the molecule is CC1CCNCC1NC(=O)CCCc1nc2ccccc2c(=O)[nH]1.Cl. The number of nitrogens with one attached hydrogen (secondary N) is 3. The molecule has 2 heterocycles. The Bertz CT molecular complexity index is 777. The van der Waals surface area contributed by atoms with Crippen LogP contribution in [-0.2, 0) is 11.2 Å². The number of H-pyrrole nitrogens is 1. The van der Waals surface area contributed by atoms with E-state index < -0.39 is 0 Å². The Balaban J connectivity index is 0.00000225. The minimum atomic E-state index is -0.123. The summed E-state index contributed by atoms with van der Waals surface area (Å²) < 4.78 is 0. The van der Waals surface area contributed by atoms with Crippen LogP contribution in [0.4, 0.5) is 0 Å². The quantitative estimate of drug-likeness (QED) is 0.754. The monoisotopic (exact) mass is 364 g/mol. The second-order valence-electron chi connectivity index (χ2n) is 6.53. The molecule has 2 unspecified atom stereocenters. The van der Waals surface area contributed by atoms with Crippen molar-refractivity contribution in [2.24, 2.45) is 5.92 Å². The van der Waals surface area contributed by atoms with E-state index in [9.17, 15) is 9.59 Å². The van der Waals surface area contributed by atoms with Crippen LogP contribution in [0, 0.1) is 5.92 Å². The summed E-state index contributed by atoms with van der Waals surface area (Å²) in [5.41, 5.74) is 0.574. The molecule has 25 heavy (non-hydrogen) atoms. The highest BCUT2D eigenvalue weighted by molar-refractivity contribution is 5.85. The van der Waals surface area contributed by atoms with E-state index >= 15 is 0 Å². The Morgan fingerprint density at radius 3 is 2.96 bits per heavy atom. The van der Waals surface area contributed by atoms with E-state index in [2.05, 4.69) is 27.5 Å². The number of benzene rings is 1. The number of hydrogen-bond donors (Lipinski definition) is 3. The van der Waals surface area contributed by atoms with E-state index in [0.717, 1.165) is 19.5 Å². The molecule has 1 fully saturated rings. The van der Waals surface area contributed by atoms with E-state index in [1.54, 1.807) is 6.07 Å². The number of aromatic amines is 1. The molecule has 1 amide bonds. The average molecular weight is 365 g/mol. The number of carbonyl (C=O) groups is 1. The molecule has 2 aromatic rings. The molecule has 1 aromatic heterocycles. The number of aryl methyl sites for hydroxylation is 1. The molecule has 1 saturated heterocycles. The van der Waals surface area contributed by atoms with E-state index in [0.29, 0.717) is 41.9 Å². The lowest BCUT2D eigenvalue weighted by atomic mass is 9.94. The van der Waals surface area contributed by atoms with Crippen molar-refractivity contribution in [3.63, 3.8) is 0 Å². The number of hydrogen-bond acceptors (Lipinski definition) is 4. The van der Waals surface area contributed by atoms with Gasteiger partial charge in [0.25, 0.3) is 5.56 Å². The zero-order valence-corrected chi connectivity index (χ0v) is 15.2. The van der Waals surface area contributed by atoms with Crippen LogP contribution in [0.15, 0.2) is 29.1 Å². The minimum absolute atomic E-state index is 0. The first-order chi connectivity index (χ1) is 11.6. The molecule has 1 aromatic carbocycles. The van der Waals surface area contributed by atoms with E-state index in [1.165, 1.54) is 0 Å². The maximum atomic E-state index is 12.1. The number of para-hydroxylation sites is 1. The molecule has 2 atom stereocenters. The van der Waals surface area contributed by atoms with Gasteiger partial charge in [-0.05, 0) is 37.4 Å². The fourth-order valence-corrected chi connectivity index (χ4v) is 3.13. The Kier molecular flexibility index (Phi) is 6.96. The molecular formula is C18H25ClN4O2. The van der Waals surface area contributed by atoms with Crippen LogP contribution in [-0.4, -0.2) is 35.0 Å². The van der Waals surface area contributed by atoms with E-state index in [-0.39, 0.29) is 29.9 Å². The van der Waals surface area contributed by atoms with E-state index in [1.807, 2.05) is 18.2 Å². The molecule has 0 aliphatic carbocycles. The lowest BCUT2D eigenvalue weighted by Gasteiger charge is -2.30. The number of halogens is 1. The Morgan fingerprint density at radius 2 is 2.16 bits per heavy atom. The molecule has 0 bridgehead atoms. The highest BCUT2D eigenvalue weighted by Gasteiger charge is 2.22. The fourth-order valence-electron chi connectivity index (χ4n) is 3.13. The topological polar surface area (TPSA) is 86.9 Å². The van der Waals surface area contributed by atoms with Gasteiger partial charge in [0.15, 0.2) is 0 Å². The Morgan fingerprint density at radius 1 is 1.36 bits per heavy atom. The summed E-state index contributed by atoms with van der Waals surface area (Å²) in [4.78, 5) is 31.4. The van der Waals surface area contributed by atoms with Crippen molar-refractivity contribution in [3.05, 3.63) is 40.4 Å². The fraction of sp³-hybridized carbons (Fsp3) is 0.500. The third kappa shape index (κ3) is 5.03. The van der Waals surface area contributed by atoms with Gasteiger partial charge in [0, 0.05) is 25.4 Å². The summed E-state index contributed by atoms with van der Waals surface area (Å²) in [5.74, 6) is 1.21. The van der Waals surface area contributed by atoms with Crippen LogP contribution in [0.3, 0.4) is 0 Å². The third-order valence-corrected chi connectivity index (χ3v) is 4.65. The summed E-state index contributed by atoms with van der Waals surface area (Å²) in [5, 5.41) is 7.01. The Labute approximate surface area is 153 Å². The van der Waals surface area contributed by atoms with Crippen LogP contribution < -0.4 is 16.2 Å². The van der Waals surface area contributed by atoms with Gasteiger partial charge in [-0.1, -0.05) is 19.1 Å². The molecule has 1 aliphatic rings. The second kappa shape index (κ2) is 8.97. The maximum Gasteiger partial charge on any atom is 0.258 e. The molecule has 3 N–H and O–H groups in total. The minimum Gasteiger partial charge on any atom is -0.352 e. The standard InChI is InChI=1S/C18H24N4O2.ClH/c1-12-9-10-19-11-15(12)21-17(23)8-4-7-16-20-14-6-3-2-5-13(14)18(24)22-16;/h2-3,5-6,12,15,19H,4,7-11H2,1H3,(H,21,23)(H,20,22,24);1H. The van der Waals surface area contributed by atoms with Crippen molar-refractivity contribution in [2.45, 2.75) is 38.6 Å². The molecule has 3 rings (SSSR count). The molecule has 0 spiro atoms. The first-order valence-electron chi connectivity index (χ1n) is 8.61. The lowest BCUT2D eigenvalue weighted by molar-refractivity contribution is -0.122. The van der Waals surface area contributed by atoms with Crippen molar-refractivity contribution in [2.75, 3.05) is 13.1 Å². The summed E-state index contributed by atoms with van der Waals surface area (Å²) in [7, 11) is 0. The smallest absolute Gasteiger partial charge is 0.258 e. The van der Waals surface area contributed by atoms with Crippen molar-refractivity contribution < 1.29 is 4.79 Å². The molecule has 0 radical (unpaired) electrons. The maximum absolute atomic E-state index is 12.1. The number of piperidine rings is 1. The summed E-state index contributed by atoms with van der Waals surface area (Å²) in [6, 6.07) is 7.50. The number of aromatic nitrogens is 2. The number of rotatable bonds is 5. The lowest BCUT2D eigenvalue weighted by Crippen LogP contribution is -2.50. The predicted octanol–water partition coefficient (Wildman–Crippen LogP) is 1.78. The van der Waals surface area contributed by atoms with Gasteiger partial charge >= 0.3 is 0 Å².